The first-order valence-electron chi connectivity index (χ1n) is 9.25. The van der Waals surface area contributed by atoms with Gasteiger partial charge in [0.15, 0.2) is 0 Å². The predicted octanol–water partition coefficient (Wildman–Crippen LogP) is 3.86. The number of nitrogens with one attached hydrogen (secondary N) is 2. The fourth-order valence-corrected chi connectivity index (χ4v) is 2.34. The molecule has 1 aliphatic carbocycles. The lowest BCUT2D eigenvalue weighted by Crippen LogP contribution is -2.33. The Labute approximate surface area is 155 Å². The topological polar surface area (TPSA) is 76.7 Å². The molecule has 0 aromatic heterocycles. The summed E-state index contributed by atoms with van der Waals surface area (Å²) in [5, 5.41) is 5.53. The summed E-state index contributed by atoms with van der Waals surface area (Å²) in [7, 11) is 0. The zero-order valence-corrected chi connectivity index (χ0v) is 16.0. The van der Waals surface area contributed by atoms with E-state index < -0.39 is 11.7 Å². The molecule has 0 radical (unpaired) electrons. The number of amides is 2. The summed E-state index contributed by atoms with van der Waals surface area (Å²) in [6.07, 6.45) is 2.97. The lowest BCUT2D eigenvalue weighted by molar-refractivity contribution is -0.116. The van der Waals surface area contributed by atoms with Gasteiger partial charge in [0.05, 0.1) is 6.61 Å². The fraction of sp³-hybridized carbons (Fsp3) is 0.600. The molecular weight excluding hydrogens is 332 g/mol. The van der Waals surface area contributed by atoms with Crippen LogP contribution in [0.2, 0.25) is 0 Å². The van der Waals surface area contributed by atoms with Gasteiger partial charge in [-0.05, 0) is 63.6 Å². The van der Waals surface area contributed by atoms with Gasteiger partial charge in [0, 0.05) is 25.3 Å². The molecule has 0 bridgehead atoms. The van der Waals surface area contributed by atoms with Gasteiger partial charge in [0.1, 0.15) is 5.60 Å². The van der Waals surface area contributed by atoms with Crippen molar-refractivity contribution in [1.29, 1.82) is 0 Å². The maximum atomic E-state index is 12.0. The van der Waals surface area contributed by atoms with Crippen LogP contribution in [0.25, 0.3) is 0 Å². The van der Waals surface area contributed by atoms with Gasteiger partial charge in [-0.25, -0.2) is 4.79 Å². The van der Waals surface area contributed by atoms with E-state index in [9.17, 15) is 9.59 Å². The highest BCUT2D eigenvalue weighted by molar-refractivity contribution is 5.90. The van der Waals surface area contributed by atoms with Gasteiger partial charge in [0.25, 0.3) is 0 Å². The third kappa shape index (κ3) is 8.85. The van der Waals surface area contributed by atoms with Crippen molar-refractivity contribution in [2.45, 2.75) is 58.7 Å². The molecule has 1 aliphatic rings. The Balaban J connectivity index is 1.63. The van der Waals surface area contributed by atoms with Crippen LogP contribution in [-0.2, 0) is 20.9 Å². The standard InChI is InChI=1S/C20H30N2O4/c1-20(2,3)26-19(24)21-11-5-8-18(23)22-17-7-4-6-16(12-17)14-25-13-15-9-10-15/h4,6-7,12,15H,5,8-11,13-14H2,1-3H3,(H,21,24)(H,22,23). The third-order valence-corrected chi connectivity index (χ3v) is 3.78. The summed E-state index contributed by atoms with van der Waals surface area (Å²) in [6, 6.07) is 7.70. The van der Waals surface area contributed by atoms with E-state index in [0.717, 1.165) is 23.8 Å². The lowest BCUT2D eigenvalue weighted by atomic mass is 10.2. The Morgan fingerprint density at radius 3 is 2.69 bits per heavy atom. The number of hydrogen-bond donors (Lipinski definition) is 2. The number of carbonyl (C=O) groups is 2. The highest BCUT2D eigenvalue weighted by atomic mass is 16.6. The Morgan fingerprint density at radius 1 is 1.23 bits per heavy atom. The van der Waals surface area contributed by atoms with Gasteiger partial charge in [0.2, 0.25) is 5.91 Å². The number of ether oxygens (including phenoxy) is 2. The Kier molecular flexibility index (Phi) is 7.45. The van der Waals surface area contributed by atoms with Crippen molar-refractivity contribution < 1.29 is 19.1 Å². The second kappa shape index (κ2) is 9.57. The average Bonchev–Trinajstić information content (AvgIpc) is 3.34. The Bertz CT molecular complexity index is 606. The summed E-state index contributed by atoms with van der Waals surface area (Å²) >= 11 is 0. The van der Waals surface area contributed by atoms with Crippen LogP contribution in [-0.4, -0.2) is 30.8 Å². The first kappa shape index (κ1) is 20.2. The van der Waals surface area contributed by atoms with Gasteiger partial charge < -0.3 is 20.1 Å². The molecule has 26 heavy (non-hydrogen) atoms. The molecule has 0 heterocycles. The van der Waals surface area contributed by atoms with Crippen LogP contribution in [0.3, 0.4) is 0 Å². The first-order valence-corrected chi connectivity index (χ1v) is 9.25. The minimum atomic E-state index is -0.519. The Morgan fingerprint density at radius 2 is 2.00 bits per heavy atom. The molecule has 6 nitrogen and oxygen atoms in total. The quantitative estimate of drug-likeness (QED) is 0.654. The van der Waals surface area contributed by atoms with Crippen molar-refractivity contribution in [1.82, 2.24) is 5.32 Å². The predicted molar refractivity (Wildman–Crippen MR) is 101 cm³/mol. The smallest absolute Gasteiger partial charge is 0.407 e. The summed E-state index contributed by atoms with van der Waals surface area (Å²) in [4.78, 5) is 23.5. The van der Waals surface area contributed by atoms with Crippen molar-refractivity contribution in [2.24, 2.45) is 5.92 Å². The molecule has 0 aliphatic heterocycles. The number of alkyl carbamates (subject to hydrolysis) is 1. The molecule has 0 saturated heterocycles. The Hall–Kier alpha value is -2.08. The molecule has 2 amide bonds. The van der Waals surface area contributed by atoms with Crippen molar-refractivity contribution in [3.8, 4) is 0 Å². The normalized spacial score (nSPS) is 14.0. The van der Waals surface area contributed by atoms with Crippen LogP contribution in [0.1, 0.15) is 52.0 Å². The lowest BCUT2D eigenvalue weighted by Gasteiger charge is -2.19. The summed E-state index contributed by atoms with van der Waals surface area (Å²) in [6.45, 7) is 7.22. The second-order valence-corrected chi connectivity index (χ2v) is 7.74. The van der Waals surface area contributed by atoms with Gasteiger partial charge >= 0.3 is 6.09 Å². The molecular formula is C20H30N2O4. The maximum Gasteiger partial charge on any atom is 0.407 e. The molecule has 1 aromatic carbocycles. The highest BCUT2D eigenvalue weighted by Gasteiger charge is 2.21. The number of anilines is 1. The monoisotopic (exact) mass is 362 g/mol. The molecule has 2 N–H and O–H groups in total. The number of benzene rings is 1. The highest BCUT2D eigenvalue weighted by Crippen LogP contribution is 2.29. The molecule has 1 fully saturated rings. The molecule has 2 rings (SSSR count). The van der Waals surface area contributed by atoms with Gasteiger partial charge in [-0.2, -0.15) is 0 Å². The van der Waals surface area contributed by atoms with Gasteiger partial charge in [-0.15, -0.1) is 0 Å². The molecule has 1 aromatic rings. The minimum Gasteiger partial charge on any atom is -0.444 e. The van der Waals surface area contributed by atoms with Gasteiger partial charge in [-0.3, -0.25) is 4.79 Å². The van der Waals surface area contributed by atoms with Crippen LogP contribution in [0.4, 0.5) is 10.5 Å². The first-order chi connectivity index (χ1) is 12.3. The summed E-state index contributed by atoms with van der Waals surface area (Å²) in [5.74, 6) is 0.666. The van der Waals surface area contributed by atoms with E-state index in [1.165, 1.54) is 12.8 Å². The molecule has 1 saturated carbocycles. The van der Waals surface area contributed by atoms with Crippen LogP contribution in [0.5, 0.6) is 0 Å². The molecule has 0 unspecified atom stereocenters. The van der Waals surface area contributed by atoms with Crippen molar-refractivity contribution in [3.05, 3.63) is 29.8 Å². The van der Waals surface area contributed by atoms with E-state index in [1.54, 1.807) is 0 Å². The average molecular weight is 362 g/mol. The van der Waals surface area contributed by atoms with Crippen LogP contribution in [0.15, 0.2) is 24.3 Å². The summed E-state index contributed by atoms with van der Waals surface area (Å²) in [5.41, 5.74) is 1.30. The second-order valence-electron chi connectivity index (χ2n) is 7.74. The number of rotatable bonds is 9. The van der Waals surface area contributed by atoms with E-state index in [4.69, 9.17) is 9.47 Å². The molecule has 0 atom stereocenters. The van der Waals surface area contributed by atoms with E-state index in [0.29, 0.717) is 26.0 Å². The SMILES string of the molecule is CC(C)(C)OC(=O)NCCCC(=O)Nc1cccc(COCC2CC2)c1. The van der Waals surface area contributed by atoms with Crippen LogP contribution in [0, 0.1) is 5.92 Å². The van der Waals surface area contributed by atoms with Crippen LogP contribution < -0.4 is 10.6 Å². The van der Waals surface area contributed by atoms with E-state index in [-0.39, 0.29) is 5.91 Å². The van der Waals surface area contributed by atoms with E-state index in [1.807, 2.05) is 45.0 Å². The fourth-order valence-electron chi connectivity index (χ4n) is 2.34. The van der Waals surface area contributed by atoms with E-state index in [2.05, 4.69) is 10.6 Å². The third-order valence-electron chi connectivity index (χ3n) is 3.78. The van der Waals surface area contributed by atoms with Gasteiger partial charge in [-0.1, -0.05) is 12.1 Å². The van der Waals surface area contributed by atoms with Crippen molar-refractivity contribution >= 4 is 17.7 Å². The molecule has 0 spiro atoms. The minimum absolute atomic E-state index is 0.0768. The number of carbonyl (C=O) groups excluding carboxylic acids is 2. The van der Waals surface area contributed by atoms with Crippen molar-refractivity contribution in [2.75, 3.05) is 18.5 Å². The summed E-state index contributed by atoms with van der Waals surface area (Å²) < 4.78 is 10.8. The van der Waals surface area contributed by atoms with Crippen LogP contribution >= 0.6 is 0 Å². The maximum absolute atomic E-state index is 12.0. The zero-order chi connectivity index (χ0) is 19.0. The largest absolute Gasteiger partial charge is 0.444 e. The zero-order valence-electron chi connectivity index (χ0n) is 16.0. The molecule has 6 heteroatoms. The van der Waals surface area contributed by atoms with E-state index >= 15 is 0 Å². The molecule has 144 valence electrons. The van der Waals surface area contributed by atoms with Crippen molar-refractivity contribution in [3.63, 3.8) is 0 Å². The number of hydrogen-bond acceptors (Lipinski definition) is 4.